The summed E-state index contributed by atoms with van der Waals surface area (Å²) in [5, 5.41) is 0. The first kappa shape index (κ1) is 15.0. The van der Waals surface area contributed by atoms with E-state index >= 15 is 0 Å². The summed E-state index contributed by atoms with van der Waals surface area (Å²) in [6, 6.07) is 4.80. The second-order valence-electron chi connectivity index (χ2n) is 4.64. The molecule has 1 aromatic rings. The Labute approximate surface area is 126 Å². The molecule has 2 amide bonds. The number of likely N-dealkylation sites (N-methyl/N-ethyl adjacent to an activating group) is 1. The monoisotopic (exact) mass is 339 g/mol. The summed E-state index contributed by atoms with van der Waals surface area (Å²) in [6.45, 7) is 5.15. The number of carbonyl (C=O) groups is 2. The summed E-state index contributed by atoms with van der Waals surface area (Å²) in [5.41, 5.74) is 7.43. The first-order chi connectivity index (χ1) is 9.51. The van der Waals surface area contributed by atoms with E-state index in [1.54, 1.807) is 4.90 Å². The molecule has 0 spiro atoms. The van der Waals surface area contributed by atoms with Crippen LogP contribution < -0.4 is 10.6 Å². The smallest absolute Gasteiger partial charge is 0.249 e. The minimum atomic E-state index is -0.704. The minimum absolute atomic E-state index is 0.0394. The SMILES string of the molecule is CCN(CC)C(=O)CN1C(=O)C(N)c2c(Br)cccc21. The van der Waals surface area contributed by atoms with Crippen molar-refractivity contribution in [3.05, 3.63) is 28.2 Å². The third kappa shape index (κ3) is 2.45. The van der Waals surface area contributed by atoms with Crippen LogP contribution in [0.3, 0.4) is 0 Å². The van der Waals surface area contributed by atoms with Crippen LogP contribution >= 0.6 is 15.9 Å². The molecule has 1 aliphatic rings. The molecule has 1 unspecified atom stereocenters. The Bertz CT molecular complexity index is 543. The van der Waals surface area contributed by atoms with Gasteiger partial charge in [0.2, 0.25) is 11.8 Å². The van der Waals surface area contributed by atoms with E-state index in [1.807, 2.05) is 32.0 Å². The molecule has 0 aliphatic carbocycles. The van der Waals surface area contributed by atoms with E-state index in [1.165, 1.54) is 4.90 Å². The molecule has 0 saturated heterocycles. The number of hydrogen-bond donors (Lipinski definition) is 1. The molecule has 6 heteroatoms. The maximum atomic E-state index is 12.3. The van der Waals surface area contributed by atoms with E-state index in [4.69, 9.17) is 5.73 Å². The molecule has 20 heavy (non-hydrogen) atoms. The number of carbonyl (C=O) groups excluding carboxylic acids is 2. The Morgan fingerprint density at radius 3 is 2.65 bits per heavy atom. The molecule has 108 valence electrons. The van der Waals surface area contributed by atoms with Crippen molar-refractivity contribution >= 4 is 33.4 Å². The van der Waals surface area contributed by atoms with Crippen molar-refractivity contribution in [2.75, 3.05) is 24.5 Å². The van der Waals surface area contributed by atoms with E-state index in [-0.39, 0.29) is 18.4 Å². The van der Waals surface area contributed by atoms with E-state index in [0.717, 1.165) is 15.7 Å². The van der Waals surface area contributed by atoms with Crippen molar-refractivity contribution in [2.24, 2.45) is 5.73 Å². The second kappa shape index (κ2) is 5.93. The predicted molar refractivity (Wildman–Crippen MR) is 81.4 cm³/mol. The highest BCUT2D eigenvalue weighted by Crippen LogP contribution is 2.39. The van der Waals surface area contributed by atoms with E-state index < -0.39 is 6.04 Å². The zero-order chi connectivity index (χ0) is 14.9. The van der Waals surface area contributed by atoms with Crippen LogP contribution in [-0.2, 0) is 9.59 Å². The number of anilines is 1. The highest BCUT2D eigenvalue weighted by atomic mass is 79.9. The van der Waals surface area contributed by atoms with Gasteiger partial charge in [-0.05, 0) is 26.0 Å². The zero-order valence-electron chi connectivity index (χ0n) is 11.6. The average Bonchev–Trinajstić information content (AvgIpc) is 2.66. The average molecular weight is 340 g/mol. The number of hydrogen-bond acceptors (Lipinski definition) is 3. The standard InChI is InChI=1S/C14H18BrN3O2/c1-3-17(4-2)11(19)8-18-10-7-5-6-9(15)12(10)13(16)14(18)20/h5-7,13H,3-4,8,16H2,1-2H3. The number of halogens is 1. The highest BCUT2D eigenvalue weighted by molar-refractivity contribution is 9.10. The fraction of sp³-hybridized carbons (Fsp3) is 0.429. The molecule has 0 bridgehead atoms. The molecule has 0 saturated carbocycles. The van der Waals surface area contributed by atoms with Gasteiger partial charge in [-0.25, -0.2) is 0 Å². The van der Waals surface area contributed by atoms with Crippen LogP contribution in [0.25, 0.3) is 0 Å². The Kier molecular flexibility index (Phi) is 4.45. The van der Waals surface area contributed by atoms with Crippen molar-refractivity contribution in [3.8, 4) is 0 Å². The van der Waals surface area contributed by atoms with Crippen LogP contribution in [0.5, 0.6) is 0 Å². The van der Waals surface area contributed by atoms with Gasteiger partial charge in [0.25, 0.3) is 0 Å². The highest BCUT2D eigenvalue weighted by Gasteiger charge is 2.37. The van der Waals surface area contributed by atoms with Crippen molar-refractivity contribution in [1.29, 1.82) is 0 Å². The van der Waals surface area contributed by atoms with Crippen molar-refractivity contribution in [2.45, 2.75) is 19.9 Å². The van der Waals surface area contributed by atoms with Crippen molar-refractivity contribution < 1.29 is 9.59 Å². The number of amides is 2. The van der Waals surface area contributed by atoms with Gasteiger partial charge in [-0.15, -0.1) is 0 Å². The number of rotatable bonds is 4. The number of nitrogens with two attached hydrogens (primary N) is 1. The summed E-state index contributed by atoms with van der Waals surface area (Å²) in [6.07, 6.45) is 0. The van der Waals surface area contributed by atoms with Gasteiger partial charge in [-0.1, -0.05) is 22.0 Å². The lowest BCUT2D eigenvalue weighted by atomic mass is 10.1. The Balaban J connectivity index is 2.29. The normalized spacial score (nSPS) is 17.3. The maximum Gasteiger partial charge on any atom is 0.249 e. The number of fused-ring (bicyclic) bond motifs is 1. The van der Waals surface area contributed by atoms with Gasteiger partial charge in [0.05, 0.1) is 5.69 Å². The molecule has 5 nitrogen and oxygen atoms in total. The van der Waals surface area contributed by atoms with E-state index in [9.17, 15) is 9.59 Å². The molecular weight excluding hydrogens is 322 g/mol. The van der Waals surface area contributed by atoms with Crippen LogP contribution in [0, 0.1) is 0 Å². The Morgan fingerprint density at radius 2 is 2.05 bits per heavy atom. The van der Waals surface area contributed by atoms with Crippen LogP contribution in [0.1, 0.15) is 25.5 Å². The third-order valence-electron chi connectivity index (χ3n) is 3.57. The fourth-order valence-electron chi connectivity index (χ4n) is 2.45. The first-order valence-corrected chi connectivity index (χ1v) is 7.43. The Hall–Kier alpha value is -1.40. The molecule has 2 N–H and O–H groups in total. The van der Waals surface area contributed by atoms with Crippen molar-refractivity contribution in [1.82, 2.24) is 4.90 Å². The topological polar surface area (TPSA) is 66.6 Å². The summed E-state index contributed by atoms with van der Waals surface area (Å²) in [5.74, 6) is -0.296. The lowest BCUT2D eigenvalue weighted by Gasteiger charge is -2.23. The largest absolute Gasteiger partial charge is 0.342 e. The van der Waals surface area contributed by atoms with Gasteiger partial charge in [0, 0.05) is 23.1 Å². The third-order valence-corrected chi connectivity index (χ3v) is 4.26. The molecule has 1 aliphatic heterocycles. The zero-order valence-corrected chi connectivity index (χ0v) is 13.2. The van der Waals surface area contributed by atoms with Crippen LogP contribution in [0.15, 0.2) is 22.7 Å². The number of benzene rings is 1. The summed E-state index contributed by atoms with van der Waals surface area (Å²) in [4.78, 5) is 27.6. The first-order valence-electron chi connectivity index (χ1n) is 6.64. The lowest BCUT2D eigenvalue weighted by Crippen LogP contribution is -2.42. The quantitative estimate of drug-likeness (QED) is 0.907. The molecule has 1 atom stereocenters. The van der Waals surface area contributed by atoms with E-state index in [2.05, 4.69) is 15.9 Å². The van der Waals surface area contributed by atoms with E-state index in [0.29, 0.717) is 13.1 Å². The molecular formula is C14H18BrN3O2. The molecule has 0 fully saturated rings. The van der Waals surface area contributed by atoms with Crippen LogP contribution in [-0.4, -0.2) is 36.3 Å². The summed E-state index contributed by atoms with van der Waals surface area (Å²) >= 11 is 3.41. The van der Waals surface area contributed by atoms with Crippen LogP contribution in [0.4, 0.5) is 5.69 Å². The van der Waals surface area contributed by atoms with Gasteiger partial charge in [-0.3, -0.25) is 9.59 Å². The molecule has 1 aromatic carbocycles. The maximum absolute atomic E-state index is 12.3. The predicted octanol–water partition coefficient (Wildman–Crippen LogP) is 1.66. The fourth-order valence-corrected chi connectivity index (χ4v) is 3.06. The van der Waals surface area contributed by atoms with Crippen LogP contribution in [0.2, 0.25) is 0 Å². The second-order valence-corrected chi connectivity index (χ2v) is 5.50. The minimum Gasteiger partial charge on any atom is -0.342 e. The van der Waals surface area contributed by atoms with Gasteiger partial charge < -0.3 is 15.5 Å². The lowest BCUT2D eigenvalue weighted by molar-refractivity contribution is -0.131. The van der Waals surface area contributed by atoms with Gasteiger partial charge >= 0.3 is 0 Å². The summed E-state index contributed by atoms with van der Waals surface area (Å²) < 4.78 is 0.800. The Morgan fingerprint density at radius 1 is 1.40 bits per heavy atom. The number of nitrogens with zero attached hydrogens (tertiary/aromatic N) is 2. The van der Waals surface area contributed by atoms with Gasteiger partial charge in [0.15, 0.2) is 0 Å². The van der Waals surface area contributed by atoms with Gasteiger partial charge in [0.1, 0.15) is 12.6 Å². The molecule has 0 radical (unpaired) electrons. The molecule has 1 heterocycles. The molecule has 0 aromatic heterocycles. The van der Waals surface area contributed by atoms with Crippen molar-refractivity contribution in [3.63, 3.8) is 0 Å². The summed E-state index contributed by atoms with van der Waals surface area (Å²) in [7, 11) is 0. The molecule has 2 rings (SSSR count). The van der Waals surface area contributed by atoms with Gasteiger partial charge in [-0.2, -0.15) is 0 Å².